The Labute approximate surface area is 221 Å². The number of carbonyl (C=O) groups excluding carboxylic acids is 1. The minimum absolute atomic E-state index is 0.0518. The lowest BCUT2D eigenvalue weighted by Crippen LogP contribution is -2.54. The Morgan fingerprint density at radius 3 is 2.84 bits per heavy atom. The van der Waals surface area contributed by atoms with Gasteiger partial charge in [-0.15, -0.1) is 0 Å². The number of aromatic amines is 1. The van der Waals surface area contributed by atoms with Gasteiger partial charge in [0.15, 0.2) is 0 Å². The van der Waals surface area contributed by atoms with Crippen molar-refractivity contribution in [3.8, 4) is 6.01 Å². The minimum atomic E-state index is -0.176. The smallest absolute Gasteiger partial charge is 0.318 e. The van der Waals surface area contributed by atoms with E-state index in [4.69, 9.17) is 26.3 Å². The number of likely N-dealkylation sites (N-methyl/N-ethyl adjacent to an activating group) is 1. The third-order valence-corrected chi connectivity index (χ3v) is 7.95. The summed E-state index contributed by atoms with van der Waals surface area (Å²) in [6, 6.07) is 3.87. The van der Waals surface area contributed by atoms with Crippen LogP contribution in [-0.4, -0.2) is 87.5 Å². The monoisotopic (exact) mass is 527 g/mol. The van der Waals surface area contributed by atoms with Crippen LogP contribution in [0.4, 0.5) is 5.82 Å². The fourth-order valence-electron chi connectivity index (χ4n) is 5.49. The van der Waals surface area contributed by atoms with Gasteiger partial charge < -0.3 is 24.4 Å². The molecule has 5 heterocycles. The van der Waals surface area contributed by atoms with Crippen molar-refractivity contribution in [2.45, 2.75) is 51.5 Å². The third-order valence-electron chi connectivity index (χ3n) is 7.59. The molecule has 0 aliphatic carbocycles. The number of aromatic nitrogens is 3. The molecule has 0 aromatic carbocycles. The summed E-state index contributed by atoms with van der Waals surface area (Å²) in [6.45, 7) is 10.9. The summed E-state index contributed by atoms with van der Waals surface area (Å²) in [5.41, 5.74) is 2.48. The second kappa shape index (κ2) is 10.8. The zero-order valence-corrected chi connectivity index (χ0v) is 22.2. The number of nitrogens with zero attached hydrogens (tertiary/aromatic N) is 6. The van der Waals surface area contributed by atoms with Gasteiger partial charge in [0, 0.05) is 63.0 Å². The zero-order chi connectivity index (χ0) is 26.1. The molecule has 0 bridgehead atoms. The molecule has 2 atom stereocenters. The van der Waals surface area contributed by atoms with Crippen molar-refractivity contribution in [1.29, 1.82) is 0 Å². The maximum Gasteiger partial charge on any atom is 0.318 e. The highest BCUT2D eigenvalue weighted by molar-refractivity contribution is 6.31. The van der Waals surface area contributed by atoms with Crippen molar-refractivity contribution in [3.05, 3.63) is 57.1 Å². The molecular formula is C26H34ClN7O3. The van der Waals surface area contributed by atoms with Gasteiger partial charge in [-0.25, -0.2) is 0 Å². The second-order valence-corrected chi connectivity index (χ2v) is 10.6. The van der Waals surface area contributed by atoms with E-state index in [1.807, 2.05) is 4.90 Å². The van der Waals surface area contributed by atoms with Crippen LogP contribution in [0.25, 0.3) is 0 Å². The number of ether oxygens (including phenoxy) is 1. The Balaban J connectivity index is 1.40. The highest BCUT2D eigenvalue weighted by atomic mass is 35.5. The number of fused-ring (bicyclic) bond motifs is 1. The van der Waals surface area contributed by atoms with E-state index in [0.717, 1.165) is 30.0 Å². The number of piperazine rings is 1. The van der Waals surface area contributed by atoms with Crippen LogP contribution in [0, 0.1) is 0 Å². The Morgan fingerprint density at radius 1 is 1.27 bits per heavy atom. The lowest BCUT2D eigenvalue weighted by Gasteiger charge is -2.40. The van der Waals surface area contributed by atoms with Crippen LogP contribution in [-0.2, 0) is 24.4 Å². The normalized spacial score (nSPS) is 22.4. The molecule has 2 saturated heterocycles. The molecule has 1 amide bonds. The molecule has 2 fully saturated rings. The predicted molar refractivity (Wildman–Crippen MR) is 142 cm³/mol. The van der Waals surface area contributed by atoms with Crippen molar-refractivity contribution >= 4 is 23.3 Å². The Hall–Kier alpha value is -2.95. The first kappa shape index (κ1) is 25.7. The van der Waals surface area contributed by atoms with E-state index in [1.165, 1.54) is 18.6 Å². The lowest BCUT2D eigenvalue weighted by atomic mass is 10.1. The highest BCUT2D eigenvalue weighted by Crippen LogP contribution is 2.34. The van der Waals surface area contributed by atoms with E-state index in [0.29, 0.717) is 68.6 Å². The summed E-state index contributed by atoms with van der Waals surface area (Å²) < 4.78 is 6.16. The summed E-state index contributed by atoms with van der Waals surface area (Å²) in [7, 11) is 2.12. The molecule has 3 aliphatic heterocycles. The number of likely N-dealkylation sites (tertiary alicyclic amines) is 1. The average molecular weight is 528 g/mol. The molecule has 0 spiro atoms. The first-order chi connectivity index (χ1) is 17.8. The van der Waals surface area contributed by atoms with Crippen LogP contribution in [0.3, 0.4) is 0 Å². The van der Waals surface area contributed by atoms with Gasteiger partial charge in [-0.3, -0.25) is 14.5 Å². The van der Waals surface area contributed by atoms with Gasteiger partial charge in [0.25, 0.3) is 0 Å². The predicted octanol–water partition coefficient (Wildman–Crippen LogP) is 2.03. The fraction of sp³-hybridized carbons (Fsp3) is 0.538. The van der Waals surface area contributed by atoms with Gasteiger partial charge in [0.05, 0.1) is 16.4 Å². The molecule has 0 radical (unpaired) electrons. The molecule has 3 aliphatic rings. The number of pyridine rings is 1. The highest BCUT2D eigenvalue weighted by Gasteiger charge is 2.33. The number of anilines is 1. The zero-order valence-electron chi connectivity index (χ0n) is 21.5. The molecule has 1 N–H and O–H groups in total. The molecule has 11 heteroatoms. The molecule has 2 aromatic heterocycles. The number of rotatable bonds is 7. The quantitative estimate of drug-likeness (QED) is 0.546. The molecule has 198 valence electrons. The minimum Gasteiger partial charge on any atom is -0.462 e. The topological polar surface area (TPSA) is 97.9 Å². The second-order valence-electron chi connectivity index (χ2n) is 10.2. The van der Waals surface area contributed by atoms with Gasteiger partial charge in [0.2, 0.25) is 11.5 Å². The van der Waals surface area contributed by atoms with Crippen molar-refractivity contribution < 1.29 is 9.53 Å². The molecule has 0 unspecified atom stereocenters. The number of hydrogen-bond donors (Lipinski definition) is 1. The fourth-order valence-corrected chi connectivity index (χ4v) is 5.66. The summed E-state index contributed by atoms with van der Waals surface area (Å²) in [6.07, 6.45) is 3.65. The van der Waals surface area contributed by atoms with E-state index in [2.05, 4.69) is 40.2 Å². The number of nitrogens with one attached hydrogen (secondary N) is 1. The standard InChI is InChI=1S/C26H34ClN7O3/c1-4-24(36)33-10-11-34(17(2)12-33)25-19-13-32(15-22-20(27)7-8-23(35)28-22)14-21(19)29-26(30-25)37-16-18-6-5-9-31(18)3/h4,7-8,17-18H,1,5-6,9-16H2,2-3H3,(H,28,35)/t17-,18-/m0/s1. The van der Waals surface area contributed by atoms with E-state index in [-0.39, 0.29) is 17.5 Å². The molecule has 5 rings (SSSR count). The largest absolute Gasteiger partial charge is 0.462 e. The SMILES string of the molecule is C=CC(=O)N1CCN(c2nc(OC[C@@H]3CCCN3C)nc3c2CN(Cc2[nH]c(=O)ccc2Cl)C3)[C@@H](C)C1. The third kappa shape index (κ3) is 5.51. The van der Waals surface area contributed by atoms with Gasteiger partial charge in [-0.1, -0.05) is 18.2 Å². The summed E-state index contributed by atoms with van der Waals surface area (Å²) >= 11 is 6.35. The Kier molecular flexibility index (Phi) is 7.50. The molecule has 2 aromatic rings. The number of amides is 1. The van der Waals surface area contributed by atoms with Crippen molar-refractivity contribution in [3.63, 3.8) is 0 Å². The van der Waals surface area contributed by atoms with E-state index in [1.54, 1.807) is 6.07 Å². The van der Waals surface area contributed by atoms with Crippen LogP contribution >= 0.6 is 11.6 Å². The lowest BCUT2D eigenvalue weighted by molar-refractivity contribution is -0.126. The van der Waals surface area contributed by atoms with Crippen LogP contribution in [0.2, 0.25) is 5.02 Å². The Bertz CT molecular complexity index is 1240. The first-order valence-electron chi connectivity index (χ1n) is 12.8. The molecule has 10 nitrogen and oxygen atoms in total. The Morgan fingerprint density at radius 2 is 2.11 bits per heavy atom. The summed E-state index contributed by atoms with van der Waals surface area (Å²) in [5, 5.41) is 0.531. The average Bonchev–Trinajstić information content (AvgIpc) is 3.49. The number of carbonyl (C=O) groups is 1. The maximum absolute atomic E-state index is 12.2. The van der Waals surface area contributed by atoms with E-state index < -0.39 is 0 Å². The van der Waals surface area contributed by atoms with Crippen LogP contribution in [0.15, 0.2) is 29.6 Å². The molecule has 0 saturated carbocycles. The number of halogens is 1. The van der Waals surface area contributed by atoms with E-state index in [9.17, 15) is 9.59 Å². The van der Waals surface area contributed by atoms with Crippen LogP contribution in [0.5, 0.6) is 6.01 Å². The van der Waals surface area contributed by atoms with Gasteiger partial charge >= 0.3 is 6.01 Å². The van der Waals surface area contributed by atoms with Gasteiger partial charge in [-0.05, 0) is 45.5 Å². The summed E-state index contributed by atoms with van der Waals surface area (Å²) in [4.78, 5) is 45.2. The maximum atomic E-state index is 12.2. The van der Waals surface area contributed by atoms with Crippen LogP contribution < -0.4 is 15.2 Å². The first-order valence-corrected chi connectivity index (χ1v) is 13.2. The van der Waals surface area contributed by atoms with Crippen molar-refractivity contribution in [2.24, 2.45) is 0 Å². The number of hydrogen-bond acceptors (Lipinski definition) is 8. The molecular weight excluding hydrogens is 494 g/mol. The van der Waals surface area contributed by atoms with Crippen LogP contribution in [0.1, 0.15) is 36.7 Å². The molecule has 37 heavy (non-hydrogen) atoms. The van der Waals surface area contributed by atoms with Gasteiger partial charge in [-0.2, -0.15) is 9.97 Å². The van der Waals surface area contributed by atoms with Gasteiger partial charge in [0.1, 0.15) is 12.4 Å². The van der Waals surface area contributed by atoms with Crippen molar-refractivity contribution in [1.82, 2.24) is 29.7 Å². The van der Waals surface area contributed by atoms with E-state index >= 15 is 0 Å². The number of H-pyrrole nitrogens is 1. The van der Waals surface area contributed by atoms with Crippen molar-refractivity contribution in [2.75, 3.05) is 44.7 Å². The summed E-state index contributed by atoms with van der Waals surface area (Å²) in [5.74, 6) is 0.803.